The molecule has 3 heterocycles. The number of aromatic nitrogens is 2. The second-order valence-electron chi connectivity index (χ2n) is 6.59. The third-order valence-corrected chi connectivity index (χ3v) is 4.75. The van der Waals surface area contributed by atoms with E-state index in [2.05, 4.69) is 15.5 Å². The monoisotopic (exact) mass is 399 g/mol. The van der Waals surface area contributed by atoms with Crippen LogP contribution in [-0.2, 0) is 0 Å². The van der Waals surface area contributed by atoms with Gasteiger partial charge in [0, 0.05) is 30.8 Å². The molecule has 1 aliphatic heterocycles. The van der Waals surface area contributed by atoms with Gasteiger partial charge in [0.1, 0.15) is 4.92 Å². The van der Waals surface area contributed by atoms with E-state index in [9.17, 15) is 19.7 Å². The first kappa shape index (κ1) is 18.5. The fraction of sp³-hybridized carbons (Fsp3) is 0.278. The van der Waals surface area contributed by atoms with Crippen molar-refractivity contribution in [2.24, 2.45) is 0 Å². The molecule has 1 aromatic carbocycles. The van der Waals surface area contributed by atoms with Crippen molar-refractivity contribution in [2.45, 2.75) is 18.8 Å². The van der Waals surface area contributed by atoms with Gasteiger partial charge in [-0.1, -0.05) is 18.2 Å². The zero-order valence-corrected chi connectivity index (χ0v) is 15.2. The minimum atomic E-state index is -0.645. The number of aromatic amines is 1. The molecule has 1 aliphatic rings. The number of nitrogens with zero attached hydrogens (tertiary/aromatic N) is 3. The number of para-hydroxylation sites is 1. The number of anilines is 2. The predicted molar refractivity (Wildman–Crippen MR) is 101 cm³/mol. The van der Waals surface area contributed by atoms with Crippen LogP contribution in [0.2, 0.25) is 0 Å². The normalized spacial score (nSPS) is 14.7. The molecule has 3 aromatic rings. The number of piperidine rings is 1. The maximum Gasteiger partial charge on any atom is 0.457 e. The van der Waals surface area contributed by atoms with E-state index in [0.717, 1.165) is 0 Å². The summed E-state index contributed by atoms with van der Waals surface area (Å²) in [5, 5.41) is 20.2. The van der Waals surface area contributed by atoms with Crippen LogP contribution in [0.25, 0.3) is 0 Å². The molecule has 0 bridgehead atoms. The lowest BCUT2D eigenvalue weighted by molar-refractivity contribution is -0.401. The van der Waals surface area contributed by atoms with Crippen molar-refractivity contribution in [3.05, 3.63) is 68.7 Å². The smallest absolute Gasteiger partial charge is 0.394 e. The Morgan fingerprint density at radius 3 is 2.59 bits per heavy atom. The van der Waals surface area contributed by atoms with Crippen molar-refractivity contribution in [2.75, 3.05) is 23.3 Å². The maximum absolute atomic E-state index is 12.4. The molecule has 1 fully saturated rings. The third-order valence-electron chi connectivity index (χ3n) is 4.75. The quantitative estimate of drug-likeness (QED) is 0.491. The molecule has 1 amide bonds. The van der Waals surface area contributed by atoms with E-state index in [1.807, 2.05) is 6.07 Å². The minimum Gasteiger partial charge on any atom is -0.394 e. The molecule has 1 saturated heterocycles. The molecule has 2 N–H and O–H groups in total. The number of benzene rings is 1. The molecule has 0 atom stereocenters. The van der Waals surface area contributed by atoms with Gasteiger partial charge < -0.3 is 19.1 Å². The second kappa shape index (κ2) is 7.62. The van der Waals surface area contributed by atoms with Gasteiger partial charge in [-0.3, -0.25) is 14.9 Å². The van der Waals surface area contributed by atoms with Crippen LogP contribution < -0.4 is 16.0 Å². The summed E-state index contributed by atoms with van der Waals surface area (Å²) in [6.45, 7) is 0.919. The van der Waals surface area contributed by atoms with Crippen LogP contribution in [0.5, 0.6) is 0 Å². The van der Waals surface area contributed by atoms with Crippen LogP contribution in [0.1, 0.15) is 35.2 Å². The second-order valence-corrected chi connectivity index (χ2v) is 6.59. The molecule has 11 nitrogen and oxygen atoms in total. The molecule has 150 valence electrons. The highest BCUT2D eigenvalue weighted by atomic mass is 16.6. The molecule has 0 spiro atoms. The third kappa shape index (κ3) is 3.88. The van der Waals surface area contributed by atoms with Gasteiger partial charge in [0.15, 0.2) is 5.69 Å². The summed E-state index contributed by atoms with van der Waals surface area (Å²) in [6, 6.07) is 10.1. The Morgan fingerprint density at radius 2 is 1.97 bits per heavy atom. The fourth-order valence-electron chi connectivity index (χ4n) is 3.34. The van der Waals surface area contributed by atoms with E-state index in [4.69, 9.17) is 8.83 Å². The van der Waals surface area contributed by atoms with Crippen LogP contribution >= 0.6 is 0 Å². The van der Waals surface area contributed by atoms with Gasteiger partial charge in [0.05, 0.1) is 0 Å². The number of rotatable bonds is 5. The van der Waals surface area contributed by atoms with Crippen LogP contribution in [0, 0.1) is 10.1 Å². The van der Waals surface area contributed by atoms with Gasteiger partial charge in [-0.25, -0.2) is 9.89 Å². The van der Waals surface area contributed by atoms with Gasteiger partial charge >= 0.3 is 11.6 Å². The molecule has 4 rings (SSSR count). The summed E-state index contributed by atoms with van der Waals surface area (Å²) in [7, 11) is 0. The van der Waals surface area contributed by atoms with Crippen molar-refractivity contribution >= 4 is 23.2 Å². The summed E-state index contributed by atoms with van der Waals surface area (Å²) < 4.78 is 10.2. The molecule has 0 saturated carbocycles. The van der Waals surface area contributed by atoms with Crippen molar-refractivity contribution in [3.63, 3.8) is 0 Å². The Balaban J connectivity index is 1.50. The lowest BCUT2D eigenvalue weighted by Gasteiger charge is -2.30. The fourth-order valence-corrected chi connectivity index (χ4v) is 3.34. The lowest BCUT2D eigenvalue weighted by Crippen LogP contribution is -2.33. The van der Waals surface area contributed by atoms with Gasteiger partial charge in [-0.05, 0) is 25.0 Å². The highest BCUT2D eigenvalue weighted by molar-refractivity contribution is 6.03. The topological polar surface area (TPSA) is 148 Å². The highest BCUT2D eigenvalue weighted by Gasteiger charge is 2.32. The Labute approximate surface area is 163 Å². The Morgan fingerprint density at radius 1 is 1.24 bits per heavy atom. The number of hydrogen-bond donors (Lipinski definition) is 2. The summed E-state index contributed by atoms with van der Waals surface area (Å²) in [5.41, 5.74) is 0.801. The number of carbonyl (C=O) groups excluding carboxylic acids is 1. The van der Waals surface area contributed by atoms with Gasteiger partial charge in [-0.2, -0.15) is 0 Å². The number of hydrogen-bond acceptors (Lipinski definition) is 8. The summed E-state index contributed by atoms with van der Waals surface area (Å²) in [5.74, 6) is -1.53. The molecule has 0 radical (unpaired) electrons. The van der Waals surface area contributed by atoms with E-state index < -0.39 is 22.5 Å². The molecule has 0 aliphatic carbocycles. The lowest BCUT2D eigenvalue weighted by atomic mass is 9.96. The number of amides is 1. The standard InChI is InChI=1S/C18H17N5O6/c24-15(19-12-4-2-1-3-5-12)14-10-13(17(28-14)23(26)27)22-8-6-11(7-9-22)16-20-21-18(25)29-16/h1-5,10-11H,6-9H2,(H,19,24)(H,21,25). The first-order chi connectivity index (χ1) is 14.0. The number of nitro groups is 1. The SMILES string of the molecule is O=C(Nc1ccccc1)c1cc(N2CCC(c3n[nH]c(=O)o3)CC2)c([N+](=O)[O-])o1. The van der Waals surface area contributed by atoms with E-state index in [-0.39, 0.29) is 17.4 Å². The van der Waals surface area contributed by atoms with Crippen molar-refractivity contribution in [1.29, 1.82) is 0 Å². The Bertz CT molecular complexity index is 1080. The molecular formula is C18H17N5O6. The molecule has 29 heavy (non-hydrogen) atoms. The maximum atomic E-state index is 12.4. The number of nitrogens with one attached hydrogen (secondary N) is 2. The Kier molecular flexibility index (Phi) is 4.85. The van der Waals surface area contributed by atoms with Crippen LogP contribution in [-0.4, -0.2) is 34.1 Å². The van der Waals surface area contributed by atoms with Crippen LogP contribution in [0.3, 0.4) is 0 Å². The largest absolute Gasteiger partial charge is 0.457 e. The van der Waals surface area contributed by atoms with Crippen LogP contribution in [0.4, 0.5) is 17.3 Å². The summed E-state index contributed by atoms with van der Waals surface area (Å²) in [6.07, 6.45) is 1.17. The van der Waals surface area contributed by atoms with Gasteiger partial charge in [-0.15, -0.1) is 5.10 Å². The Hall–Kier alpha value is -3.89. The van der Waals surface area contributed by atoms with E-state index in [1.165, 1.54) is 6.07 Å². The molecule has 0 unspecified atom stereocenters. The highest BCUT2D eigenvalue weighted by Crippen LogP contribution is 2.36. The summed E-state index contributed by atoms with van der Waals surface area (Å²) in [4.78, 5) is 36.1. The molecular weight excluding hydrogens is 382 g/mol. The van der Waals surface area contributed by atoms with E-state index in [0.29, 0.717) is 37.5 Å². The van der Waals surface area contributed by atoms with Gasteiger partial charge in [0.25, 0.3) is 5.91 Å². The summed E-state index contributed by atoms with van der Waals surface area (Å²) >= 11 is 0. The zero-order chi connectivity index (χ0) is 20.4. The first-order valence-electron chi connectivity index (χ1n) is 8.96. The molecule has 2 aromatic heterocycles. The molecule has 11 heteroatoms. The minimum absolute atomic E-state index is 0.0583. The average molecular weight is 399 g/mol. The van der Waals surface area contributed by atoms with E-state index >= 15 is 0 Å². The number of furan rings is 1. The average Bonchev–Trinajstić information content (AvgIpc) is 3.36. The van der Waals surface area contributed by atoms with Gasteiger partial charge in [0.2, 0.25) is 11.7 Å². The van der Waals surface area contributed by atoms with Crippen LogP contribution in [0.15, 0.2) is 50.0 Å². The predicted octanol–water partition coefficient (Wildman–Crippen LogP) is 2.50. The van der Waals surface area contributed by atoms with Crippen molar-refractivity contribution < 1.29 is 18.6 Å². The van der Waals surface area contributed by atoms with Crippen molar-refractivity contribution in [1.82, 2.24) is 10.2 Å². The first-order valence-corrected chi connectivity index (χ1v) is 8.96. The van der Waals surface area contributed by atoms with E-state index in [1.54, 1.807) is 29.2 Å². The zero-order valence-electron chi connectivity index (χ0n) is 15.2. The number of carbonyl (C=O) groups is 1. The number of H-pyrrole nitrogens is 1. The van der Waals surface area contributed by atoms with Crippen molar-refractivity contribution in [3.8, 4) is 0 Å².